The molecular formula is C10H17NO3. The first kappa shape index (κ1) is 11.0. The van der Waals surface area contributed by atoms with Crippen molar-refractivity contribution in [3.63, 3.8) is 0 Å². The van der Waals surface area contributed by atoms with Gasteiger partial charge in [0.1, 0.15) is 6.10 Å². The molecule has 2 N–H and O–H groups in total. The van der Waals surface area contributed by atoms with Gasteiger partial charge in [0, 0.05) is 7.05 Å². The van der Waals surface area contributed by atoms with E-state index < -0.39 is 12.2 Å². The van der Waals surface area contributed by atoms with E-state index in [4.69, 9.17) is 4.74 Å². The molecule has 80 valence electrons. The van der Waals surface area contributed by atoms with Crippen LogP contribution in [0.25, 0.3) is 0 Å². The molecule has 0 spiro atoms. The molecule has 2 unspecified atom stereocenters. The topological polar surface area (TPSA) is 58.6 Å². The van der Waals surface area contributed by atoms with Crippen LogP contribution in [0.4, 0.5) is 4.79 Å². The lowest BCUT2D eigenvalue weighted by atomic mass is 10.0. The van der Waals surface area contributed by atoms with E-state index in [0.29, 0.717) is 0 Å². The summed E-state index contributed by atoms with van der Waals surface area (Å²) in [5.74, 6) is 0. The monoisotopic (exact) mass is 199 g/mol. The largest absolute Gasteiger partial charge is 0.442 e. The molecule has 0 heterocycles. The lowest BCUT2D eigenvalue weighted by molar-refractivity contribution is 0.111. The molecule has 0 aliphatic heterocycles. The Morgan fingerprint density at radius 3 is 2.86 bits per heavy atom. The molecule has 0 aromatic heterocycles. The number of alkyl carbamates (subject to hydrolysis) is 1. The van der Waals surface area contributed by atoms with Crippen LogP contribution in [0, 0.1) is 0 Å². The lowest BCUT2D eigenvalue weighted by Crippen LogP contribution is -2.25. The molecule has 1 aliphatic carbocycles. The molecule has 4 nitrogen and oxygen atoms in total. The zero-order chi connectivity index (χ0) is 10.4. The average molecular weight is 199 g/mol. The first-order valence-electron chi connectivity index (χ1n) is 4.97. The second-order valence-electron chi connectivity index (χ2n) is 3.43. The number of rotatable bonds is 1. The van der Waals surface area contributed by atoms with Gasteiger partial charge in [-0.3, -0.25) is 0 Å². The zero-order valence-electron chi connectivity index (χ0n) is 8.40. The van der Waals surface area contributed by atoms with Gasteiger partial charge in [-0.05, 0) is 25.3 Å². The minimum absolute atomic E-state index is 0.204. The molecule has 1 amide bonds. The normalized spacial score (nSPS) is 29.9. The van der Waals surface area contributed by atoms with Crippen molar-refractivity contribution >= 4 is 6.09 Å². The molecular weight excluding hydrogens is 182 g/mol. The summed E-state index contributed by atoms with van der Waals surface area (Å²) < 4.78 is 5.08. The van der Waals surface area contributed by atoms with E-state index in [-0.39, 0.29) is 6.10 Å². The molecule has 4 heteroatoms. The van der Waals surface area contributed by atoms with Gasteiger partial charge in [0.05, 0.1) is 6.10 Å². The number of ether oxygens (including phenoxy) is 1. The Balaban J connectivity index is 2.45. The fourth-order valence-corrected chi connectivity index (χ4v) is 1.44. The summed E-state index contributed by atoms with van der Waals surface area (Å²) in [5, 5.41) is 11.8. The maximum absolute atomic E-state index is 10.9. The van der Waals surface area contributed by atoms with Crippen molar-refractivity contribution in [3.8, 4) is 0 Å². The number of hydrogen-bond acceptors (Lipinski definition) is 3. The lowest BCUT2D eigenvalue weighted by Gasteiger charge is -2.17. The molecule has 1 aliphatic rings. The fourth-order valence-electron chi connectivity index (χ4n) is 1.44. The molecule has 0 bridgehead atoms. The third-order valence-corrected chi connectivity index (χ3v) is 2.25. The van der Waals surface area contributed by atoms with Crippen LogP contribution >= 0.6 is 0 Å². The molecule has 0 aromatic rings. The van der Waals surface area contributed by atoms with E-state index in [1.807, 2.05) is 0 Å². The molecule has 0 aromatic carbocycles. The Hall–Kier alpha value is -1.03. The molecule has 14 heavy (non-hydrogen) atoms. The Bertz CT molecular complexity index is 215. The highest BCUT2D eigenvalue weighted by Gasteiger charge is 2.13. The number of amides is 1. The van der Waals surface area contributed by atoms with Crippen molar-refractivity contribution in [3.05, 3.63) is 12.2 Å². The molecule has 0 radical (unpaired) electrons. The van der Waals surface area contributed by atoms with Gasteiger partial charge in [0.15, 0.2) is 0 Å². The first-order chi connectivity index (χ1) is 6.72. The smallest absolute Gasteiger partial charge is 0.407 e. The van der Waals surface area contributed by atoms with E-state index in [2.05, 4.69) is 5.32 Å². The third-order valence-electron chi connectivity index (χ3n) is 2.25. The summed E-state index contributed by atoms with van der Waals surface area (Å²) in [6, 6.07) is 0. The van der Waals surface area contributed by atoms with Gasteiger partial charge < -0.3 is 15.2 Å². The minimum atomic E-state index is -0.422. The first-order valence-corrected chi connectivity index (χ1v) is 4.97. The van der Waals surface area contributed by atoms with E-state index >= 15 is 0 Å². The van der Waals surface area contributed by atoms with Crippen molar-refractivity contribution in [1.82, 2.24) is 5.32 Å². The highest BCUT2D eigenvalue weighted by Crippen LogP contribution is 2.14. The fraction of sp³-hybridized carbons (Fsp3) is 0.700. The maximum Gasteiger partial charge on any atom is 0.407 e. The van der Waals surface area contributed by atoms with Crippen molar-refractivity contribution in [1.29, 1.82) is 0 Å². The Kier molecular flexibility index (Phi) is 4.46. The second kappa shape index (κ2) is 5.65. The van der Waals surface area contributed by atoms with E-state index in [1.165, 1.54) is 7.05 Å². The SMILES string of the molecule is CNC(=O)OC1/C=C/C(O)CCCC1. The Labute approximate surface area is 83.9 Å². The summed E-state index contributed by atoms with van der Waals surface area (Å²) in [6.45, 7) is 0. The average Bonchev–Trinajstić information content (AvgIpc) is 2.16. The van der Waals surface area contributed by atoms with Crippen molar-refractivity contribution in [2.45, 2.75) is 37.9 Å². The van der Waals surface area contributed by atoms with Crippen LogP contribution < -0.4 is 5.32 Å². The van der Waals surface area contributed by atoms with Crippen LogP contribution in [-0.2, 0) is 4.74 Å². The van der Waals surface area contributed by atoms with Gasteiger partial charge in [-0.25, -0.2) is 4.79 Å². The quantitative estimate of drug-likeness (QED) is 0.624. The minimum Gasteiger partial charge on any atom is -0.442 e. The van der Waals surface area contributed by atoms with Gasteiger partial charge in [-0.2, -0.15) is 0 Å². The van der Waals surface area contributed by atoms with Crippen LogP contribution in [0.2, 0.25) is 0 Å². The highest BCUT2D eigenvalue weighted by atomic mass is 16.6. The summed E-state index contributed by atoms with van der Waals surface area (Å²) in [6.07, 6.45) is 6.01. The predicted molar refractivity (Wildman–Crippen MR) is 52.9 cm³/mol. The van der Waals surface area contributed by atoms with Gasteiger partial charge in [0.25, 0.3) is 0 Å². The summed E-state index contributed by atoms with van der Waals surface area (Å²) in [4.78, 5) is 10.9. The molecule has 0 fully saturated rings. The Morgan fingerprint density at radius 1 is 1.43 bits per heavy atom. The maximum atomic E-state index is 10.9. The van der Waals surface area contributed by atoms with Crippen LogP contribution in [-0.4, -0.2) is 30.5 Å². The van der Waals surface area contributed by atoms with Crippen molar-refractivity contribution in [2.75, 3.05) is 7.05 Å². The van der Waals surface area contributed by atoms with Gasteiger partial charge >= 0.3 is 6.09 Å². The van der Waals surface area contributed by atoms with Crippen LogP contribution in [0.3, 0.4) is 0 Å². The number of aliphatic hydroxyl groups excluding tert-OH is 1. The molecule has 0 saturated carbocycles. The van der Waals surface area contributed by atoms with Gasteiger partial charge in [-0.1, -0.05) is 12.5 Å². The summed E-state index contributed by atoms with van der Waals surface area (Å²) >= 11 is 0. The number of nitrogens with one attached hydrogen (secondary N) is 1. The van der Waals surface area contributed by atoms with E-state index in [0.717, 1.165) is 25.7 Å². The van der Waals surface area contributed by atoms with Gasteiger partial charge in [0.2, 0.25) is 0 Å². The standard InChI is InChI=1S/C10H17NO3/c1-11-10(13)14-9-5-3-2-4-8(12)6-7-9/h6-9,12H,2-5H2,1H3,(H,11,13)/b7-6+. The van der Waals surface area contributed by atoms with Crippen LogP contribution in [0.1, 0.15) is 25.7 Å². The Morgan fingerprint density at radius 2 is 2.14 bits per heavy atom. The van der Waals surface area contributed by atoms with Crippen molar-refractivity contribution in [2.24, 2.45) is 0 Å². The van der Waals surface area contributed by atoms with E-state index in [9.17, 15) is 9.90 Å². The number of hydrogen-bond donors (Lipinski definition) is 2. The second-order valence-corrected chi connectivity index (χ2v) is 3.43. The predicted octanol–water partition coefficient (Wildman–Crippen LogP) is 1.20. The molecule has 1 rings (SSSR count). The van der Waals surface area contributed by atoms with Crippen molar-refractivity contribution < 1.29 is 14.6 Å². The van der Waals surface area contributed by atoms with Crippen LogP contribution in [0.5, 0.6) is 0 Å². The van der Waals surface area contributed by atoms with Crippen LogP contribution in [0.15, 0.2) is 12.2 Å². The summed E-state index contributed by atoms with van der Waals surface area (Å²) in [7, 11) is 1.53. The highest BCUT2D eigenvalue weighted by molar-refractivity contribution is 5.67. The molecule has 0 saturated heterocycles. The zero-order valence-corrected chi connectivity index (χ0v) is 8.40. The number of carbonyl (C=O) groups is 1. The number of aliphatic hydroxyl groups is 1. The third kappa shape index (κ3) is 3.79. The molecule has 2 atom stereocenters. The van der Waals surface area contributed by atoms with E-state index in [1.54, 1.807) is 12.2 Å². The summed E-state index contributed by atoms with van der Waals surface area (Å²) in [5.41, 5.74) is 0. The van der Waals surface area contributed by atoms with Gasteiger partial charge in [-0.15, -0.1) is 0 Å². The number of carbonyl (C=O) groups excluding carboxylic acids is 1.